The number of carbonyl (C=O) groups excluding carboxylic acids is 1. The van der Waals surface area contributed by atoms with Gasteiger partial charge in [-0.25, -0.2) is 4.98 Å². The number of amides is 1. The first kappa shape index (κ1) is 29.8. The second-order valence-corrected chi connectivity index (χ2v) is 10.6. The van der Waals surface area contributed by atoms with Crippen LogP contribution in [0, 0.1) is 20.2 Å². The minimum Gasteiger partial charge on any atom is -0.493 e. The molecule has 0 unspecified atom stereocenters. The number of rotatable bonds is 10. The number of carbonyl (C=O) groups is 1. The molecule has 6 rings (SSSR count). The van der Waals surface area contributed by atoms with Crippen LogP contribution in [0.3, 0.4) is 0 Å². The zero-order valence-electron chi connectivity index (χ0n) is 24.2. The Labute approximate surface area is 262 Å². The van der Waals surface area contributed by atoms with Gasteiger partial charge in [0.05, 0.1) is 42.9 Å². The molecule has 0 saturated heterocycles. The average Bonchev–Trinajstić information content (AvgIpc) is 3.83. The van der Waals surface area contributed by atoms with Gasteiger partial charge in [0.25, 0.3) is 17.3 Å². The Balaban J connectivity index is 1.27. The fourth-order valence-corrected chi connectivity index (χ4v) is 5.61. The van der Waals surface area contributed by atoms with Gasteiger partial charge in [0.2, 0.25) is 5.75 Å². The largest absolute Gasteiger partial charge is 0.493 e. The molecule has 3 aromatic carbocycles. The van der Waals surface area contributed by atoms with E-state index in [1.54, 1.807) is 24.4 Å². The van der Waals surface area contributed by atoms with Crippen LogP contribution in [0.15, 0.2) is 70.7 Å². The van der Waals surface area contributed by atoms with Gasteiger partial charge in [0, 0.05) is 57.4 Å². The lowest BCUT2D eigenvalue weighted by atomic mass is 10.1. The Hall–Kier alpha value is -6.29. The Morgan fingerprint density at radius 1 is 0.913 bits per heavy atom. The number of aromatic amines is 1. The Morgan fingerprint density at radius 3 is 2.24 bits per heavy atom. The summed E-state index contributed by atoms with van der Waals surface area (Å²) in [6, 6.07) is 13.8. The highest BCUT2D eigenvalue weighted by Crippen LogP contribution is 2.42. The van der Waals surface area contributed by atoms with E-state index in [0.717, 1.165) is 34.7 Å². The number of benzene rings is 3. The molecule has 46 heavy (non-hydrogen) atoms. The fraction of sp³-hybridized carbons (Fsp3) is 0.100. The summed E-state index contributed by atoms with van der Waals surface area (Å²) in [6.07, 6.45) is 1.80. The summed E-state index contributed by atoms with van der Waals surface area (Å²) in [7, 11) is 4.58. The van der Waals surface area contributed by atoms with Crippen molar-refractivity contribution < 1.29 is 33.4 Å². The topological polar surface area (TPSA) is 198 Å². The van der Waals surface area contributed by atoms with Crippen LogP contribution in [-0.4, -0.2) is 52.2 Å². The maximum Gasteiger partial charge on any atom is 0.278 e. The van der Waals surface area contributed by atoms with Crippen molar-refractivity contribution in [3.8, 4) is 50.4 Å². The number of hydrogen-bond donors (Lipinski definition) is 2. The summed E-state index contributed by atoms with van der Waals surface area (Å²) in [4.78, 5) is 41.4. The van der Waals surface area contributed by atoms with Gasteiger partial charge in [0.15, 0.2) is 17.3 Å². The lowest BCUT2D eigenvalue weighted by molar-refractivity contribution is -0.394. The smallest absolute Gasteiger partial charge is 0.278 e. The molecule has 232 valence electrons. The van der Waals surface area contributed by atoms with Gasteiger partial charge in [0.1, 0.15) is 16.4 Å². The molecule has 0 bridgehead atoms. The van der Waals surface area contributed by atoms with Crippen LogP contribution in [-0.2, 0) is 0 Å². The van der Waals surface area contributed by atoms with E-state index in [0.29, 0.717) is 44.8 Å². The molecule has 0 spiro atoms. The van der Waals surface area contributed by atoms with E-state index in [4.69, 9.17) is 18.7 Å². The van der Waals surface area contributed by atoms with E-state index >= 15 is 0 Å². The van der Waals surface area contributed by atoms with Gasteiger partial charge >= 0.3 is 0 Å². The van der Waals surface area contributed by atoms with Crippen molar-refractivity contribution in [2.24, 2.45) is 0 Å². The summed E-state index contributed by atoms with van der Waals surface area (Å²) < 4.78 is 22.0. The summed E-state index contributed by atoms with van der Waals surface area (Å²) in [5.74, 6) is 1.22. The van der Waals surface area contributed by atoms with E-state index in [-0.39, 0.29) is 11.4 Å². The van der Waals surface area contributed by atoms with Crippen LogP contribution < -0.4 is 19.5 Å². The van der Waals surface area contributed by atoms with Crippen molar-refractivity contribution in [3.63, 3.8) is 0 Å². The lowest BCUT2D eigenvalue weighted by Gasteiger charge is -2.13. The molecule has 0 aliphatic rings. The van der Waals surface area contributed by atoms with Gasteiger partial charge < -0.3 is 29.0 Å². The summed E-state index contributed by atoms with van der Waals surface area (Å²) in [5.41, 5.74) is 2.40. The highest BCUT2D eigenvalue weighted by atomic mass is 32.1. The van der Waals surface area contributed by atoms with Crippen molar-refractivity contribution in [2.75, 3.05) is 26.6 Å². The third kappa shape index (κ3) is 5.55. The molecule has 6 aromatic rings. The minimum atomic E-state index is -0.776. The standard InChI is InChI=1S/C30H22N6O9S/c1-42-26-7-16(8-27(43-2)28(26)44-3)23-12-25(45-34-23)21-13-31-22-5-4-15(6-20(21)22)30-33-24(14-46-30)29(37)32-17-9-18(35(38)39)11-19(10-17)36(40)41/h4-14,31H,1-3H3,(H,32,37). The molecule has 0 saturated carbocycles. The van der Waals surface area contributed by atoms with Gasteiger partial charge in [-0.2, -0.15) is 0 Å². The van der Waals surface area contributed by atoms with E-state index in [1.807, 2.05) is 18.2 Å². The first-order chi connectivity index (χ1) is 22.2. The van der Waals surface area contributed by atoms with E-state index in [1.165, 1.54) is 38.0 Å². The number of nitro groups is 2. The zero-order valence-corrected chi connectivity index (χ0v) is 25.0. The number of nitrogens with zero attached hydrogens (tertiary/aromatic N) is 4. The maximum absolute atomic E-state index is 12.9. The third-order valence-electron chi connectivity index (χ3n) is 6.98. The summed E-state index contributed by atoms with van der Waals surface area (Å²) in [5, 5.41) is 32.0. The number of ether oxygens (including phenoxy) is 3. The fourth-order valence-electron chi connectivity index (χ4n) is 4.81. The van der Waals surface area contributed by atoms with Crippen molar-refractivity contribution in [1.82, 2.24) is 15.1 Å². The van der Waals surface area contributed by atoms with Crippen LogP contribution in [0.25, 0.3) is 44.1 Å². The van der Waals surface area contributed by atoms with Crippen LogP contribution in [0.1, 0.15) is 10.5 Å². The van der Waals surface area contributed by atoms with E-state index < -0.39 is 27.1 Å². The van der Waals surface area contributed by atoms with Crippen LogP contribution in [0.2, 0.25) is 0 Å². The number of nitrogens with one attached hydrogen (secondary N) is 2. The predicted molar refractivity (Wildman–Crippen MR) is 168 cm³/mol. The second-order valence-electron chi connectivity index (χ2n) is 9.70. The molecule has 0 aliphatic carbocycles. The predicted octanol–water partition coefficient (Wildman–Crippen LogP) is 6.71. The molecule has 16 heteroatoms. The van der Waals surface area contributed by atoms with Crippen molar-refractivity contribution >= 4 is 45.2 Å². The molecule has 0 radical (unpaired) electrons. The third-order valence-corrected chi connectivity index (χ3v) is 7.88. The molecular weight excluding hydrogens is 620 g/mol. The monoisotopic (exact) mass is 642 g/mol. The number of H-pyrrole nitrogens is 1. The molecule has 3 heterocycles. The number of thiazole rings is 1. The molecule has 1 amide bonds. The normalized spacial score (nSPS) is 10.9. The van der Waals surface area contributed by atoms with Crippen molar-refractivity contribution in [3.05, 3.63) is 92.1 Å². The first-order valence-corrected chi connectivity index (χ1v) is 14.2. The van der Waals surface area contributed by atoms with E-state index in [2.05, 4.69) is 20.4 Å². The van der Waals surface area contributed by atoms with Crippen molar-refractivity contribution in [1.29, 1.82) is 0 Å². The maximum atomic E-state index is 12.9. The average molecular weight is 643 g/mol. The van der Waals surface area contributed by atoms with Gasteiger partial charge in [-0.05, 0) is 30.3 Å². The van der Waals surface area contributed by atoms with Crippen LogP contribution in [0.5, 0.6) is 17.2 Å². The van der Waals surface area contributed by atoms with Crippen LogP contribution >= 0.6 is 11.3 Å². The quantitative estimate of drug-likeness (QED) is 0.119. The Morgan fingerprint density at radius 2 is 1.61 bits per heavy atom. The van der Waals surface area contributed by atoms with Crippen molar-refractivity contribution in [2.45, 2.75) is 0 Å². The zero-order chi connectivity index (χ0) is 32.5. The summed E-state index contributed by atoms with van der Waals surface area (Å²) >= 11 is 1.21. The number of aromatic nitrogens is 3. The number of non-ortho nitro benzene ring substituents is 2. The summed E-state index contributed by atoms with van der Waals surface area (Å²) in [6.45, 7) is 0. The number of methoxy groups -OCH3 is 3. The Bertz CT molecular complexity index is 2090. The number of nitro benzene ring substituents is 2. The highest BCUT2D eigenvalue weighted by molar-refractivity contribution is 7.13. The van der Waals surface area contributed by atoms with Gasteiger partial charge in [-0.15, -0.1) is 11.3 Å². The highest BCUT2D eigenvalue weighted by Gasteiger charge is 2.21. The SMILES string of the molecule is COc1cc(-c2cc(-c3c[nH]c4ccc(-c5nc(C(=O)Nc6cc([N+](=O)[O-])cc([N+](=O)[O-])c6)cs5)cc34)on2)cc(OC)c1OC. The molecule has 0 fully saturated rings. The van der Waals surface area contributed by atoms with Crippen LogP contribution in [0.4, 0.5) is 17.1 Å². The Kier molecular flexibility index (Phi) is 7.77. The second kappa shape index (κ2) is 12.0. The number of anilines is 1. The van der Waals surface area contributed by atoms with E-state index in [9.17, 15) is 25.0 Å². The van der Waals surface area contributed by atoms with Gasteiger partial charge in [-0.1, -0.05) is 5.16 Å². The first-order valence-electron chi connectivity index (χ1n) is 13.3. The molecular formula is C30H22N6O9S. The lowest BCUT2D eigenvalue weighted by Crippen LogP contribution is -2.12. The minimum absolute atomic E-state index is 0.0359. The molecule has 2 N–H and O–H groups in total. The molecule has 0 aliphatic heterocycles. The number of hydrogen-bond acceptors (Lipinski definition) is 12. The molecule has 3 aromatic heterocycles. The van der Waals surface area contributed by atoms with Gasteiger partial charge in [-0.3, -0.25) is 25.0 Å². The molecule has 15 nitrogen and oxygen atoms in total. The number of fused-ring (bicyclic) bond motifs is 1. The molecule has 0 atom stereocenters.